The van der Waals surface area contributed by atoms with E-state index in [1.165, 1.54) is 43.8 Å². The second-order valence-corrected chi connectivity index (χ2v) is 13.4. The van der Waals surface area contributed by atoms with Crippen LogP contribution >= 0.6 is 0 Å². The van der Waals surface area contributed by atoms with Crippen LogP contribution in [0.25, 0.3) is 55.2 Å². The van der Waals surface area contributed by atoms with Crippen molar-refractivity contribution in [1.29, 1.82) is 0 Å². The van der Waals surface area contributed by atoms with E-state index in [-0.39, 0.29) is 0 Å². The Labute approximate surface area is 275 Å². The van der Waals surface area contributed by atoms with E-state index in [4.69, 9.17) is 14.7 Å². The van der Waals surface area contributed by atoms with Gasteiger partial charge in [0, 0.05) is 46.1 Å². The molecule has 47 heavy (non-hydrogen) atoms. The number of ether oxygens (including phenoxy) is 1. The molecule has 8 aromatic rings. The molecule has 0 saturated carbocycles. The lowest BCUT2D eigenvalue weighted by Gasteiger charge is -2.11. The predicted molar refractivity (Wildman–Crippen MR) is 195 cm³/mol. The molecule has 5 nitrogen and oxygen atoms in total. The monoisotopic (exact) mass is 614 g/mol. The van der Waals surface area contributed by atoms with E-state index in [0.717, 1.165) is 45.2 Å². The standard InChI is InChI=1S/C42H38N4O/c1-25(2)29-7-11-33-35-13-9-31(23-39(35)45(37(33)21-29)41-19-27(5)15-17-43-41)47-32-10-14-36-34-12-8-30(26(3)4)22-38(34)46(40(36)24-32)42-20-28(6)16-18-44-42/h7-26H,1-6H3. The highest BCUT2D eigenvalue weighted by Crippen LogP contribution is 2.39. The molecule has 4 aromatic heterocycles. The van der Waals surface area contributed by atoms with Crippen molar-refractivity contribution in [3.63, 3.8) is 0 Å². The molecule has 0 radical (unpaired) electrons. The van der Waals surface area contributed by atoms with Gasteiger partial charge in [-0.2, -0.15) is 0 Å². The molecule has 0 aliphatic heterocycles. The molecule has 0 amide bonds. The van der Waals surface area contributed by atoms with Crippen LogP contribution in [0.2, 0.25) is 0 Å². The lowest BCUT2D eigenvalue weighted by molar-refractivity contribution is 0.484. The topological polar surface area (TPSA) is 44.9 Å². The van der Waals surface area contributed by atoms with Gasteiger partial charge in [-0.05, 0) is 109 Å². The van der Waals surface area contributed by atoms with Crippen molar-refractivity contribution in [3.8, 4) is 23.1 Å². The third kappa shape index (κ3) is 4.94. The summed E-state index contributed by atoms with van der Waals surface area (Å²) in [4.78, 5) is 9.60. The van der Waals surface area contributed by atoms with Crippen LogP contribution in [0.5, 0.6) is 11.5 Å². The number of benzene rings is 4. The predicted octanol–water partition coefficient (Wildman–Crippen LogP) is 11.3. The molecule has 4 heterocycles. The summed E-state index contributed by atoms with van der Waals surface area (Å²) in [6, 6.07) is 34.7. The van der Waals surface area contributed by atoms with Crippen LogP contribution in [-0.2, 0) is 0 Å². The molecule has 8 rings (SSSR count). The Bertz CT molecular complexity index is 2310. The maximum absolute atomic E-state index is 6.67. The van der Waals surface area contributed by atoms with E-state index < -0.39 is 0 Å². The van der Waals surface area contributed by atoms with E-state index in [1.54, 1.807) is 0 Å². The van der Waals surface area contributed by atoms with Gasteiger partial charge in [0.2, 0.25) is 0 Å². The van der Waals surface area contributed by atoms with Gasteiger partial charge < -0.3 is 4.74 Å². The summed E-state index contributed by atoms with van der Waals surface area (Å²) in [5.41, 5.74) is 9.39. The van der Waals surface area contributed by atoms with Gasteiger partial charge >= 0.3 is 0 Å². The zero-order valence-corrected chi connectivity index (χ0v) is 27.7. The quantitative estimate of drug-likeness (QED) is 0.187. The fourth-order valence-corrected chi connectivity index (χ4v) is 6.79. The number of hydrogen-bond acceptors (Lipinski definition) is 3. The van der Waals surface area contributed by atoms with Crippen molar-refractivity contribution in [3.05, 3.63) is 132 Å². The van der Waals surface area contributed by atoms with Gasteiger partial charge in [-0.25, -0.2) is 9.97 Å². The van der Waals surface area contributed by atoms with Crippen molar-refractivity contribution in [2.75, 3.05) is 0 Å². The van der Waals surface area contributed by atoms with Gasteiger partial charge in [0.25, 0.3) is 0 Å². The largest absolute Gasteiger partial charge is 0.457 e. The third-order valence-corrected chi connectivity index (χ3v) is 9.36. The highest BCUT2D eigenvalue weighted by atomic mass is 16.5. The van der Waals surface area contributed by atoms with Crippen molar-refractivity contribution in [1.82, 2.24) is 19.1 Å². The second kappa shape index (κ2) is 11.1. The molecule has 0 saturated heterocycles. The first-order valence-electron chi connectivity index (χ1n) is 16.5. The summed E-state index contributed by atoms with van der Waals surface area (Å²) < 4.78 is 11.2. The van der Waals surface area contributed by atoms with E-state index in [9.17, 15) is 0 Å². The Morgan fingerprint density at radius 3 is 1.23 bits per heavy atom. The summed E-state index contributed by atoms with van der Waals surface area (Å²) in [7, 11) is 0. The Balaban J connectivity index is 1.30. The molecule has 0 aliphatic carbocycles. The van der Waals surface area contributed by atoms with Crippen molar-refractivity contribution in [2.45, 2.75) is 53.4 Å². The maximum Gasteiger partial charge on any atom is 0.137 e. The number of fused-ring (bicyclic) bond motifs is 6. The summed E-state index contributed by atoms with van der Waals surface area (Å²) in [6.07, 6.45) is 3.77. The molecule has 0 N–H and O–H groups in total. The molecular weight excluding hydrogens is 576 g/mol. The van der Waals surface area contributed by atoms with Gasteiger partial charge in [-0.1, -0.05) is 52.0 Å². The zero-order chi connectivity index (χ0) is 32.4. The van der Waals surface area contributed by atoms with Gasteiger partial charge in [-0.15, -0.1) is 0 Å². The molecule has 0 aliphatic rings. The van der Waals surface area contributed by atoms with Crippen LogP contribution in [0.1, 0.15) is 61.8 Å². The number of hydrogen-bond donors (Lipinski definition) is 0. The lowest BCUT2D eigenvalue weighted by atomic mass is 10.0. The summed E-state index contributed by atoms with van der Waals surface area (Å²) in [5.74, 6) is 4.20. The average molecular weight is 615 g/mol. The van der Waals surface area contributed by atoms with E-state index in [2.05, 4.69) is 136 Å². The minimum atomic E-state index is 0.424. The SMILES string of the molecule is Cc1ccnc(-n2c3cc(Oc4ccc5c6ccc(C(C)C)cc6n(-c6cc(C)ccn6)c5c4)ccc3c3ccc(C(C)C)cc32)c1. The zero-order valence-electron chi connectivity index (χ0n) is 27.7. The molecule has 0 atom stereocenters. The van der Waals surface area contributed by atoms with Gasteiger partial charge in [-0.3, -0.25) is 9.13 Å². The summed E-state index contributed by atoms with van der Waals surface area (Å²) >= 11 is 0. The fraction of sp³-hybridized carbons (Fsp3) is 0.190. The smallest absolute Gasteiger partial charge is 0.137 e. The first-order valence-corrected chi connectivity index (χ1v) is 16.5. The van der Waals surface area contributed by atoms with E-state index in [1.807, 2.05) is 24.5 Å². The molecule has 232 valence electrons. The first kappa shape index (κ1) is 29.0. The Hall–Kier alpha value is -5.42. The van der Waals surface area contributed by atoms with Gasteiger partial charge in [0.1, 0.15) is 23.1 Å². The van der Waals surface area contributed by atoms with Crippen molar-refractivity contribution >= 4 is 43.6 Å². The number of rotatable bonds is 6. The van der Waals surface area contributed by atoms with Crippen LogP contribution in [0.4, 0.5) is 0 Å². The average Bonchev–Trinajstić information content (AvgIpc) is 3.55. The fourth-order valence-electron chi connectivity index (χ4n) is 6.79. The number of aryl methyl sites for hydroxylation is 2. The van der Waals surface area contributed by atoms with Crippen LogP contribution < -0.4 is 4.74 Å². The summed E-state index contributed by atoms with van der Waals surface area (Å²) in [6.45, 7) is 13.2. The molecule has 4 aromatic carbocycles. The lowest BCUT2D eigenvalue weighted by Crippen LogP contribution is -1.99. The van der Waals surface area contributed by atoms with Crippen LogP contribution in [0, 0.1) is 13.8 Å². The molecule has 0 bridgehead atoms. The molecule has 5 heteroatoms. The Kier molecular flexibility index (Phi) is 6.87. The molecule has 0 unspecified atom stereocenters. The van der Waals surface area contributed by atoms with Crippen LogP contribution in [0.15, 0.2) is 109 Å². The first-order chi connectivity index (χ1) is 22.7. The summed E-state index contributed by atoms with van der Waals surface area (Å²) in [5, 5.41) is 4.76. The molecule has 0 spiro atoms. The van der Waals surface area contributed by atoms with Crippen LogP contribution in [-0.4, -0.2) is 19.1 Å². The van der Waals surface area contributed by atoms with Gasteiger partial charge in [0.15, 0.2) is 0 Å². The van der Waals surface area contributed by atoms with Crippen molar-refractivity contribution < 1.29 is 4.74 Å². The van der Waals surface area contributed by atoms with Crippen LogP contribution in [0.3, 0.4) is 0 Å². The number of nitrogens with zero attached hydrogens (tertiary/aromatic N) is 4. The van der Waals surface area contributed by atoms with E-state index >= 15 is 0 Å². The number of pyridine rings is 2. The van der Waals surface area contributed by atoms with E-state index in [0.29, 0.717) is 11.8 Å². The van der Waals surface area contributed by atoms with Crippen molar-refractivity contribution in [2.24, 2.45) is 0 Å². The highest BCUT2D eigenvalue weighted by molar-refractivity contribution is 6.11. The third-order valence-electron chi connectivity index (χ3n) is 9.36. The maximum atomic E-state index is 6.67. The minimum absolute atomic E-state index is 0.424. The second-order valence-electron chi connectivity index (χ2n) is 13.4. The normalized spacial score (nSPS) is 12.0. The number of aromatic nitrogens is 4. The minimum Gasteiger partial charge on any atom is -0.457 e. The molecule has 0 fully saturated rings. The Morgan fingerprint density at radius 2 is 0.851 bits per heavy atom. The Morgan fingerprint density at radius 1 is 0.468 bits per heavy atom. The van der Waals surface area contributed by atoms with Gasteiger partial charge in [0.05, 0.1) is 22.1 Å². The molecular formula is C42H38N4O. The highest BCUT2D eigenvalue weighted by Gasteiger charge is 2.18.